The minimum Gasteiger partial charge on any atom is -0.495 e. The quantitative estimate of drug-likeness (QED) is 0.807. The normalized spacial score (nSPS) is 9.79. The van der Waals surface area contributed by atoms with E-state index in [2.05, 4.69) is 33.2 Å². The lowest BCUT2D eigenvalue weighted by atomic mass is 10.3. The van der Waals surface area contributed by atoms with Crippen molar-refractivity contribution in [3.8, 4) is 5.75 Å². The Morgan fingerprint density at radius 1 is 1.05 bits per heavy atom. The molecule has 2 N–H and O–H groups in total. The zero-order valence-electron chi connectivity index (χ0n) is 10.3. The van der Waals surface area contributed by atoms with Gasteiger partial charge >= 0.3 is 6.03 Å². The van der Waals surface area contributed by atoms with Crippen molar-refractivity contribution in [1.82, 2.24) is 0 Å². The molecule has 0 bridgehead atoms. The molecular weight excluding hydrogens is 355 g/mol. The van der Waals surface area contributed by atoms with E-state index in [4.69, 9.17) is 4.74 Å². The number of hydrogen-bond donors (Lipinski definition) is 2. The molecule has 0 aromatic heterocycles. The highest BCUT2D eigenvalue weighted by atomic mass is 127. The number of urea groups is 1. The number of amides is 2. The summed E-state index contributed by atoms with van der Waals surface area (Å²) in [5.41, 5.74) is 1.38. The van der Waals surface area contributed by atoms with Gasteiger partial charge in [0.15, 0.2) is 0 Å². The standard InChI is InChI=1S/C14H13IN2O2/c1-19-13-5-3-2-4-12(13)17-14(18)16-11-8-6-10(15)7-9-11/h2-9H,1H3,(H2,16,17,18). The molecule has 0 aliphatic heterocycles. The van der Waals surface area contributed by atoms with Crippen molar-refractivity contribution in [2.24, 2.45) is 0 Å². The summed E-state index contributed by atoms with van der Waals surface area (Å²) in [6.07, 6.45) is 0. The Labute approximate surface area is 125 Å². The minimum absolute atomic E-state index is 0.300. The molecule has 0 aliphatic carbocycles. The van der Waals surface area contributed by atoms with Gasteiger partial charge in [-0.3, -0.25) is 0 Å². The zero-order valence-corrected chi connectivity index (χ0v) is 12.5. The maximum Gasteiger partial charge on any atom is 0.323 e. The average molecular weight is 368 g/mol. The Hall–Kier alpha value is -1.76. The number of hydrogen-bond acceptors (Lipinski definition) is 2. The Bertz CT molecular complexity index is 570. The van der Waals surface area contributed by atoms with Gasteiger partial charge < -0.3 is 15.4 Å². The highest BCUT2D eigenvalue weighted by Gasteiger charge is 2.06. The third-order valence-corrected chi connectivity index (χ3v) is 3.18. The van der Waals surface area contributed by atoms with Crippen LogP contribution in [0, 0.1) is 3.57 Å². The van der Waals surface area contributed by atoms with Crippen LogP contribution in [0.2, 0.25) is 0 Å². The molecule has 2 aromatic rings. The van der Waals surface area contributed by atoms with Gasteiger partial charge in [-0.1, -0.05) is 12.1 Å². The molecule has 98 valence electrons. The summed E-state index contributed by atoms with van der Waals surface area (Å²) < 4.78 is 6.29. The summed E-state index contributed by atoms with van der Waals surface area (Å²) in [6, 6.07) is 14.5. The van der Waals surface area contributed by atoms with E-state index in [0.29, 0.717) is 11.4 Å². The highest BCUT2D eigenvalue weighted by molar-refractivity contribution is 14.1. The molecule has 5 heteroatoms. The van der Waals surface area contributed by atoms with Crippen LogP contribution >= 0.6 is 22.6 Å². The van der Waals surface area contributed by atoms with E-state index in [1.165, 1.54) is 0 Å². The number of methoxy groups -OCH3 is 1. The molecule has 2 amide bonds. The van der Waals surface area contributed by atoms with Crippen molar-refractivity contribution in [3.05, 3.63) is 52.1 Å². The molecular formula is C14H13IN2O2. The maximum absolute atomic E-state index is 11.9. The van der Waals surface area contributed by atoms with E-state index < -0.39 is 0 Å². The lowest BCUT2D eigenvalue weighted by Crippen LogP contribution is -2.19. The number of anilines is 2. The number of halogens is 1. The first-order chi connectivity index (χ1) is 9.19. The van der Waals surface area contributed by atoms with Crippen LogP contribution in [-0.2, 0) is 0 Å². The molecule has 0 fully saturated rings. The molecule has 0 unspecified atom stereocenters. The van der Waals surface area contributed by atoms with Crippen molar-refractivity contribution < 1.29 is 9.53 Å². The molecule has 0 radical (unpaired) electrons. The molecule has 2 aromatic carbocycles. The van der Waals surface area contributed by atoms with Gasteiger partial charge in [0, 0.05) is 9.26 Å². The lowest BCUT2D eigenvalue weighted by molar-refractivity contribution is 0.262. The van der Waals surface area contributed by atoms with Crippen molar-refractivity contribution in [2.75, 3.05) is 17.7 Å². The van der Waals surface area contributed by atoms with E-state index >= 15 is 0 Å². The second-order valence-corrected chi connectivity index (χ2v) is 5.03. The largest absolute Gasteiger partial charge is 0.495 e. The molecule has 19 heavy (non-hydrogen) atoms. The van der Waals surface area contributed by atoms with Crippen LogP contribution in [0.5, 0.6) is 5.75 Å². The van der Waals surface area contributed by atoms with Gasteiger partial charge in [-0.25, -0.2) is 4.79 Å². The van der Waals surface area contributed by atoms with Crippen molar-refractivity contribution in [1.29, 1.82) is 0 Å². The van der Waals surface area contributed by atoms with Gasteiger partial charge in [0.2, 0.25) is 0 Å². The van der Waals surface area contributed by atoms with E-state index in [9.17, 15) is 4.79 Å². The molecule has 0 aliphatic rings. The fourth-order valence-electron chi connectivity index (χ4n) is 1.57. The molecule has 2 rings (SSSR count). The van der Waals surface area contributed by atoms with E-state index in [-0.39, 0.29) is 6.03 Å². The van der Waals surface area contributed by atoms with Crippen LogP contribution < -0.4 is 15.4 Å². The fourth-order valence-corrected chi connectivity index (χ4v) is 1.93. The Morgan fingerprint density at radius 2 is 1.74 bits per heavy atom. The third kappa shape index (κ3) is 3.85. The molecule has 0 atom stereocenters. The third-order valence-electron chi connectivity index (χ3n) is 2.46. The number of carbonyl (C=O) groups is 1. The van der Waals surface area contributed by atoms with Gasteiger partial charge in [0.05, 0.1) is 12.8 Å². The summed E-state index contributed by atoms with van der Waals surface area (Å²) in [5.74, 6) is 0.625. The van der Waals surface area contributed by atoms with E-state index in [1.54, 1.807) is 19.2 Å². The number of benzene rings is 2. The average Bonchev–Trinajstić information content (AvgIpc) is 2.42. The van der Waals surface area contributed by atoms with Crippen LogP contribution in [0.25, 0.3) is 0 Å². The summed E-state index contributed by atoms with van der Waals surface area (Å²) in [6.45, 7) is 0. The van der Waals surface area contributed by atoms with Crippen molar-refractivity contribution in [2.45, 2.75) is 0 Å². The number of ether oxygens (including phenoxy) is 1. The minimum atomic E-state index is -0.300. The second kappa shape index (κ2) is 6.42. The molecule has 0 spiro atoms. The highest BCUT2D eigenvalue weighted by Crippen LogP contribution is 2.23. The van der Waals surface area contributed by atoms with Crippen molar-refractivity contribution >= 4 is 40.0 Å². The number of para-hydroxylation sites is 2. The fraction of sp³-hybridized carbons (Fsp3) is 0.0714. The first-order valence-corrected chi connectivity index (χ1v) is 6.73. The summed E-state index contributed by atoms with van der Waals surface area (Å²) in [5, 5.41) is 5.51. The summed E-state index contributed by atoms with van der Waals surface area (Å²) in [7, 11) is 1.57. The Balaban J connectivity index is 2.03. The van der Waals surface area contributed by atoms with Gasteiger partial charge in [-0.2, -0.15) is 0 Å². The van der Waals surface area contributed by atoms with Crippen molar-refractivity contribution in [3.63, 3.8) is 0 Å². The first kappa shape index (κ1) is 13.7. The van der Waals surface area contributed by atoms with Crippen LogP contribution in [0.4, 0.5) is 16.2 Å². The first-order valence-electron chi connectivity index (χ1n) is 5.65. The number of rotatable bonds is 3. The zero-order chi connectivity index (χ0) is 13.7. The topological polar surface area (TPSA) is 50.4 Å². The monoisotopic (exact) mass is 368 g/mol. The van der Waals surface area contributed by atoms with Gasteiger partial charge in [0.1, 0.15) is 5.75 Å². The molecule has 4 nitrogen and oxygen atoms in total. The maximum atomic E-state index is 11.9. The van der Waals surface area contributed by atoms with E-state index in [0.717, 1.165) is 9.26 Å². The summed E-state index contributed by atoms with van der Waals surface area (Å²) in [4.78, 5) is 11.9. The molecule has 0 saturated heterocycles. The van der Waals surface area contributed by atoms with Crippen LogP contribution in [-0.4, -0.2) is 13.1 Å². The van der Waals surface area contributed by atoms with Crippen LogP contribution in [0.1, 0.15) is 0 Å². The van der Waals surface area contributed by atoms with Gasteiger partial charge in [0.25, 0.3) is 0 Å². The second-order valence-electron chi connectivity index (χ2n) is 3.79. The van der Waals surface area contributed by atoms with Crippen LogP contribution in [0.3, 0.4) is 0 Å². The predicted molar refractivity (Wildman–Crippen MR) is 84.8 cm³/mol. The van der Waals surface area contributed by atoms with Gasteiger partial charge in [-0.15, -0.1) is 0 Å². The summed E-state index contributed by atoms with van der Waals surface area (Å²) >= 11 is 2.21. The number of carbonyl (C=O) groups excluding carboxylic acids is 1. The molecule has 0 saturated carbocycles. The molecule has 0 heterocycles. The van der Waals surface area contributed by atoms with E-state index in [1.807, 2.05) is 36.4 Å². The smallest absolute Gasteiger partial charge is 0.323 e. The SMILES string of the molecule is COc1ccccc1NC(=O)Nc1ccc(I)cc1. The van der Waals surface area contributed by atoms with Crippen LogP contribution in [0.15, 0.2) is 48.5 Å². The Morgan fingerprint density at radius 3 is 2.42 bits per heavy atom. The Kier molecular flexibility index (Phi) is 4.62. The predicted octanol–water partition coefficient (Wildman–Crippen LogP) is 3.94. The van der Waals surface area contributed by atoms with Gasteiger partial charge in [-0.05, 0) is 59.0 Å². The lowest BCUT2D eigenvalue weighted by Gasteiger charge is -2.10. The number of nitrogens with one attached hydrogen (secondary N) is 2.